The summed E-state index contributed by atoms with van der Waals surface area (Å²) >= 11 is 0. The average Bonchev–Trinajstić information content (AvgIpc) is 3.20. The Morgan fingerprint density at radius 2 is 1.93 bits per heavy atom. The highest BCUT2D eigenvalue weighted by molar-refractivity contribution is 6.05. The van der Waals surface area contributed by atoms with Gasteiger partial charge in [0.25, 0.3) is 5.91 Å². The molecule has 1 aliphatic heterocycles. The summed E-state index contributed by atoms with van der Waals surface area (Å²) in [6.07, 6.45) is 4.35. The minimum atomic E-state index is -0.247. The van der Waals surface area contributed by atoms with E-state index in [-0.39, 0.29) is 12.0 Å². The van der Waals surface area contributed by atoms with E-state index in [1.807, 2.05) is 47.1 Å². The molecule has 4 aromatic rings. The van der Waals surface area contributed by atoms with Gasteiger partial charge in [0, 0.05) is 24.3 Å². The molecule has 6 heteroatoms. The average molecular weight is 398 g/mol. The number of amides is 1. The number of aromatic nitrogens is 3. The second kappa shape index (κ2) is 8.08. The summed E-state index contributed by atoms with van der Waals surface area (Å²) in [7, 11) is 0. The molecule has 2 aromatic heterocycles. The van der Waals surface area contributed by atoms with Gasteiger partial charge in [0.1, 0.15) is 6.10 Å². The number of carbonyl (C=O) groups is 1. The van der Waals surface area contributed by atoms with Gasteiger partial charge in [0.05, 0.1) is 29.9 Å². The Kier molecular flexibility index (Phi) is 4.99. The van der Waals surface area contributed by atoms with Crippen LogP contribution in [-0.4, -0.2) is 33.8 Å². The number of nitrogens with zero attached hydrogens (tertiary/aromatic N) is 3. The molecule has 0 aliphatic carbocycles. The summed E-state index contributed by atoms with van der Waals surface area (Å²) in [4.78, 5) is 17.2. The molecule has 0 bridgehead atoms. The normalized spacial score (nSPS) is 15.7. The highest BCUT2D eigenvalue weighted by Gasteiger charge is 2.25. The number of nitrogens with one attached hydrogen (secondary N) is 1. The summed E-state index contributed by atoms with van der Waals surface area (Å²) in [5.74, 6) is -0.131. The van der Waals surface area contributed by atoms with Crippen LogP contribution in [-0.2, 0) is 17.7 Å². The first-order chi connectivity index (χ1) is 14.8. The zero-order valence-electron chi connectivity index (χ0n) is 16.5. The molecule has 6 nitrogen and oxygen atoms in total. The van der Waals surface area contributed by atoms with Crippen LogP contribution < -0.4 is 5.32 Å². The Morgan fingerprint density at radius 1 is 1.10 bits per heavy atom. The van der Waals surface area contributed by atoms with E-state index in [0.29, 0.717) is 18.7 Å². The molecule has 3 heterocycles. The van der Waals surface area contributed by atoms with Crippen molar-refractivity contribution >= 4 is 16.8 Å². The molecule has 0 unspecified atom stereocenters. The Balaban J connectivity index is 1.31. The summed E-state index contributed by atoms with van der Waals surface area (Å²) in [5, 5.41) is 8.62. The van der Waals surface area contributed by atoms with Crippen molar-refractivity contribution in [3.8, 4) is 0 Å². The van der Waals surface area contributed by atoms with E-state index in [1.54, 1.807) is 12.3 Å². The van der Waals surface area contributed by atoms with E-state index in [0.717, 1.165) is 29.6 Å². The first-order valence-electron chi connectivity index (χ1n) is 10.1. The molecule has 30 heavy (non-hydrogen) atoms. The van der Waals surface area contributed by atoms with Crippen LogP contribution in [0.4, 0.5) is 0 Å². The molecule has 0 saturated heterocycles. The SMILES string of the molecule is O=C(NC[C@@H]1OCCc2cn(Cc3ccccc3)nc21)c1ccnc2ccccc12. The number of rotatable bonds is 5. The van der Waals surface area contributed by atoms with Crippen LogP contribution in [0, 0.1) is 0 Å². The molecule has 1 amide bonds. The summed E-state index contributed by atoms with van der Waals surface area (Å²) in [6.45, 7) is 1.73. The largest absolute Gasteiger partial charge is 0.370 e. The molecule has 150 valence electrons. The van der Waals surface area contributed by atoms with Crippen molar-refractivity contribution in [2.45, 2.75) is 19.1 Å². The van der Waals surface area contributed by atoms with Crippen molar-refractivity contribution in [1.82, 2.24) is 20.1 Å². The molecule has 1 N–H and O–H groups in total. The summed E-state index contributed by atoms with van der Waals surface area (Å²) in [6, 6.07) is 19.7. The maximum atomic E-state index is 12.8. The monoisotopic (exact) mass is 398 g/mol. The Morgan fingerprint density at radius 3 is 2.83 bits per heavy atom. The predicted octanol–water partition coefficient (Wildman–Crippen LogP) is 3.52. The van der Waals surface area contributed by atoms with Gasteiger partial charge in [-0.25, -0.2) is 0 Å². The number of hydrogen-bond donors (Lipinski definition) is 1. The molecule has 1 aliphatic rings. The molecule has 5 rings (SSSR count). The Labute approximate surface area is 174 Å². The van der Waals surface area contributed by atoms with Gasteiger partial charge < -0.3 is 10.1 Å². The van der Waals surface area contributed by atoms with Gasteiger partial charge in [-0.05, 0) is 29.7 Å². The maximum Gasteiger partial charge on any atom is 0.252 e. The molecule has 0 spiro atoms. The lowest BCUT2D eigenvalue weighted by molar-refractivity contribution is 0.0383. The second-order valence-electron chi connectivity index (χ2n) is 7.42. The smallest absolute Gasteiger partial charge is 0.252 e. The van der Waals surface area contributed by atoms with Crippen molar-refractivity contribution in [3.63, 3.8) is 0 Å². The van der Waals surface area contributed by atoms with E-state index < -0.39 is 0 Å². The van der Waals surface area contributed by atoms with Crippen LogP contribution in [0.15, 0.2) is 73.1 Å². The van der Waals surface area contributed by atoms with Crippen LogP contribution >= 0.6 is 0 Å². The zero-order chi connectivity index (χ0) is 20.3. The molecular weight excluding hydrogens is 376 g/mol. The first kappa shape index (κ1) is 18.5. The van der Waals surface area contributed by atoms with Crippen LogP contribution in [0.25, 0.3) is 10.9 Å². The topological polar surface area (TPSA) is 69.0 Å². The number of hydrogen-bond acceptors (Lipinski definition) is 4. The van der Waals surface area contributed by atoms with Gasteiger partial charge in [-0.15, -0.1) is 0 Å². The molecular formula is C24H22N4O2. The fraction of sp³-hybridized carbons (Fsp3) is 0.208. The summed E-state index contributed by atoms with van der Waals surface area (Å²) in [5.41, 5.74) is 4.72. The zero-order valence-corrected chi connectivity index (χ0v) is 16.5. The third kappa shape index (κ3) is 3.69. The van der Waals surface area contributed by atoms with Gasteiger partial charge in [0.2, 0.25) is 0 Å². The standard InChI is InChI=1S/C24H22N4O2/c29-24(20-10-12-25-21-9-5-4-8-19(20)21)26-14-22-23-18(11-13-30-22)16-28(27-23)15-17-6-2-1-3-7-17/h1-10,12,16,22H,11,13-15H2,(H,26,29)/t22-/m0/s1. The number of fused-ring (bicyclic) bond motifs is 2. The van der Waals surface area contributed by atoms with E-state index >= 15 is 0 Å². The third-order valence-electron chi connectivity index (χ3n) is 5.39. The lowest BCUT2D eigenvalue weighted by atomic mass is 10.1. The van der Waals surface area contributed by atoms with E-state index in [4.69, 9.17) is 9.84 Å². The van der Waals surface area contributed by atoms with E-state index in [2.05, 4.69) is 28.6 Å². The molecule has 0 fully saturated rings. The van der Waals surface area contributed by atoms with Crippen LogP contribution in [0.3, 0.4) is 0 Å². The van der Waals surface area contributed by atoms with Crippen molar-refractivity contribution in [3.05, 3.63) is 95.4 Å². The van der Waals surface area contributed by atoms with Gasteiger partial charge in [-0.3, -0.25) is 14.5 Å². The van der Waals surface area contributed by atoms with Gasteiger partial charge in [0.15, 0.2) is 0 Å². The van der Waals surface area contributed by atoms with Crippen molar-refractivity contribution in [1.29, 1.82) is 0 Å². The minimum Gasteiger partial charge on any atom is -0.370 e. The quantitative estimate of drug-likeness (QED) is 0.558. The maximum absolute atomic E-state index is 12.8. The lowest BCUT2D eigenvalue weighted by Gasteiger charge is -2.22. The highest BCUT2D eigenvalue weighted by atomic mass is 16.5. The number of ether oxygens (including phenoxy) is 1. The Bertz CT molecular complexity index is 1180. The van der Waals surface area contributed by atoms with Crippen molar-refractivity contribution in [2.75, 3.05) is 13.2 Å². The van der Waals surface area contributed by atoms with Crippen LogP contribution in [0.2, 0.25) is 0 Å². The minimum absolute atomic E-state index is 0.131. The highest BCUT2D eigenvalue weighted by Crippen LogP contribution is 2.26. The van der Waals surface area contributed by atoms with Crippen LogP contribution in [0.5, 0.6) is 0 Å². The van der Waals surface area contributed by atoms with Gasteiger partial charge >= 0.3 is 0 Å². The Hall–Kier alpha value is -3.51. The number of carbonyl (C=O) groups excluding carboxylic acids is 1. The van der Waals surface area contributed by atoms with Gasteiger partial charge in [-0.2, -0.15) is 5.10 Å². The molecule has 0 saturated carbocycles. The van der Waals surface area contributed by atoms with Crippen molar-refractivity contribution in [2.24, 2.45) is 0 Å². The fourth-order valence-electron chi connectivity index (χ4n) is 3.91. The second-order valence-corrected chi connectivity index (χ2v) is 7.42. The molecule has 2 aromatic carbocycles. The van der Waals surface area contributed by atoms with E-state index in [1.165, 1.54) is 11.1 Å². The fourth-order valence-corrected chi connectivity index (χ4v) is 3.91. The third-order valence-corrected chi connectivity index (χ3v) is 5.39. The lowest BCUT2D eigenvalue weighted by Crippen LogP contribution is -2.32. The number of para-hydroxylation sites is 1. The summed E-state index contributed by atoms with van der Waals surface area (Å²) < 4.78 is 7.90. The van der Waals surface area contributed by atoms with Crippen LogP contribution in [0.1, 0.15) is 33.3 Å². The molecule has 0 radical (unpaired) electrons. The number of pyridine rings is 1. The van der Waals surface area contributed by atoms with Crippen molar-refractivity contribution < 1.29 is 9.53 Å². The van der Waals surface area contributed by atoms with E-state index in [9.17, 15) is 4.79 Å². The predicted molar refractivity (Wildman–Crippen MR) is 114 cm³/mol. The molecule has 1 atom stereocenters. The number of benzene rings is 2. The van der Waals surface area contributed by atoms with Gasteiger partial charge in [-0.1, -0.05) is 48.5 Å². The first-order valence-corrected chi connectivity index (χ1v) is 10.1.